The van der Waals surface area contributed by atoms with Gasteiger partial charge in [0.2, 0.25) is 5.91 Å². The number of anilines is 1. The zero-order valence-electron chi connectivity index (χ0n) is 21.4. The van der Waals surface area contributed by atoms with Crippen molar-refractivity contribution in [1.29, 1.82) is 0 Å². The normalized spacial score (nSPS) is 13.9. The van der Waals surface area contributed by atoms with Gasteiger partial charge in [0, 0.05) is 30.2 Å². The summed E-state index contributed by atoms with van der Waals surface area (Å²) in [7, 11) is 1.80. The number of hydrogen-bond donors (Lipinski definition) is 4. The van der Waals surface area contributed by atoms with Gasteiger partial charge in [0.15, 0.2) is 5.78 Å². The molecule has 9 nitrogen and oxygen atoms in total. The van der Waals surface area contributed by atoms with Crippen molar-refractivity contribution in [3.05, 3.63) is 105 Å². The predicted molar refractivity (Wildman–Crippen MR) is 163 cm³/mol. The van der Waals surface area contributed by atoms with Crippen molar-refractivity contribution >= 4 is 63.8 Å². The number of pyridine rings is 1. The molecule has 4 N–H and O–H groups in total. The van der Waals surface area contributed by atoms with Crippen molar-refractivity contribution in [1.82, 2.24) is 10.3 Å². The van der Waals surface area contributed by atoms with Gasteiger partial charge in [0.05, 0.1) is 23.2 Å². The first kappa shape index (κ1) is 30.5. The summed E-state index contributed by atoms with van der Waals surface area (Å²) in [5.74, 6) is -1.25. The molecule has 210 valence electrons. The molecule has 4 aromatic rings. The minimum atomic E-state index is -0.631. The molecule has 0 bridgehead atoms. The molecule has 5 rings (SSSR count). The Balaban J connectivity index is 0.000000225. The number of carbonyl (C=O) groups is 3. The van der Waals surface area contributed by atoms with E-state index in [4.69, 9.17) is 11.6 Å². The molecular weight excluding hydrogens is 544 g/mol. The number of amides is 2. The number of fused-ring (bicyclic) bond motifs is 1. The molecule has 1 aliphatic heterocycles. The van der Waals surface area contributed by atoms with Gasteiger partial charge in [-0.15, -0.1) is 11.6 Å². The number of aromatic nitrogens is 1. The molecule has 41 heavy (non-hydrogen) atoms. The number of carbonyl (C=O) groups excluding carboxylic acids is 3. The number of H-pyrrole nitrogens is 1. The lowest BCUT2D eigenvalue weighted by atomic mass is 10.0. The van der Waals surface area contributed by atoms with Gasteiger partial charge < -0.3 is 15.4 Å². The van der Waals surface area contributed by atoms with E-state index in [-0.39, 0.29) is 36.3 Å². The zero-order valence-corrected chi connectivity index (χ0v) is 22.2. The Morgan fingerprint density at radius 1 is 0.976 bits per heavy atom. The average molecular weight is 573 g/mol. The van der Waals surface area contributed by atoms with Crippen LogP contribution in [0.5, 0.6) is 5.75 Å². The van der Waals surface area contributed by atoms with Crippen LogP contribution >= 0.6 is 11.6 Å². The fourth-order valence-corrected chi connectivity index (χ4v) is 4.01. The Morgan fingerprint density at radius 2 is 1.66 bits per heavy atom. The SMILES string of the molecule is C.CNc1ccc(/C=C2\C(=O)CC(=O)NC2=O)cc1.O=c1[nH]c2ccccc2c(O)c1C=Nc1ccc(CCl)cc1. The number of nitrogens with one attached hydrogen (secondary N) is 3. The van der Waals surface area contributed by atoms with Crippen LogP contribution in [0.4, 0.5) is 11.4 Å². The lowest BCUT2D eigenvalue weighted by molar-refractivity contribution is -0.134. The van der Waals surface area contributed by atoms with Gasteiger partial charge in [-0.3, -0.25) is 29.5 Å². The van der Waals surface area contributed by atoms with E-state index >= 15 is 0 Å². The van der Waals surface area contributed by atoms with Crippen LogP contribution in [0.25, 0.3) is 17.0 Å². The molecular formula is C31H29ClN4O5. The fourth-order valence-electron chi connectivity index (χ4n) is 3.84. The van der Waals surface area contributed by atoms with Crippen LogP contribution in [-0.4, -0.2) is 41.0 Å². The van der Waals surface area contributed by atoms with Crippen LogP contribution in [0, 0.1) is 0 Å². The van der Waals surface area contributed by atoms with Crippen molar-refractivity contribution in [3.63, 3.8) is 0 Å². The second-order valence-corrected chi connectivity index (χ2v) is 8.99. The molecule has 0 unspecified atom stereocenters. The third-order valence-corrected chi connectivity index (χ3v) is 6.30. The van der Waals surface area contributed by atoms with Crippen molar-refractivity contribution in [2.45, 2.75) is 19.7 Å². The van der Waals surface area contributed by atoms with Gasteiger partial charge in [-0.25, -0.2) is 0 Å². The lowest BCUT2D eigenvalue weighted by Gasteiger charge is -2.12. The Kier molecular flexibility index (Phi) is 10.3. The molecule has 1 fully saturated rings. The molecule has 1 aromatic heterocycles. The number of hydrogen-bond acceptors (Lipinski definition) is 7. The number of imide groups is 1. The average Bonchev–Trinajstić information content (AvgIpc) is 2.96. The molecule has 1 aliphatic rings. The van der Waals surface area contributed by atoms with E-state index in [1.165, 1.54) is 12.3 Å². The second kappa shape index (κ2) is 13.9. The van der Waals surface area contributed by atoms with E-state index < -0.39 is 17.6 Å². The molecule has 10 heteroatoms. The van der Waals surface area contributed by atoms with E-state index in [9.17, 15) is 24.3 Å². The number of ketones is 1. The lowest BCUT2D eigenvalue weighted by Crippen LogP contribution is -2.40. The number of nitrogens with zero attached hydrogens (tertiary/aromatic N) is 1. The van der Waals surface area contributed by atoms with Crippen LogP contribution < -0.4 is 16.2 Å². The van der Waals surface area contributed by atoms with Crippen molar-refractivity contribution in [3.8, 4) is 5.75 Å². The van der Waals surface area contributed by atoms with E-state index in [1.54, 1.807) is 55.6 Å². The van der Waals surface area contributed by atoms with Gasteiger partial charge in [-0.1, -0.05) is 43.8 Å². The number of rotatable bonds is 5. The number of Topliss-reactive ketones (excluding diaryl/α,β-unsaturated/α-hetero) is 1. The number of alkyl halides is 1. The Labute approximate surface area is 241 Å². The van der Waals surface area contributed by atoms with Crippen LogP contribution in [0.3, 0.4) is 0 Å². The molecule has 0 atom stereocenters. The van der Waals surface area contributed by atoms with Crippen molar-refractivity contribution < 1.29 is 19.5 Å². The second-order valence-electron chi connectivity index (χ2n) is 8.73. The molecule has 2 heterocycles. The van der Waals surface area contributed by atoms with E-state index in [2.05, 4.69) is 20.6 Å². The maximum absolute atomic E-state index is 12.1. The summed E-state index contributed by atoms with van der Waals surface area (Å²) in [5, 5.41) is 15.9. The third kappa shape index (κ3) is 7.55. The van der Waals surface area contributed by atoms with Gasteiger partial charge in [-0.05, 0) is 53.6 Å². The number of piperidine rings is 1. The van der Waals surface area contributed by atoms with Gasteiger partial charge in [0.25, 0.3) is 11.5 Å². The molecule has 0 aliphatic carbocycles. The zero-order chi connectivity index (χ0) is 28.6. The minimum absolute atomic E-state index is 0. The molecule has 0 saturated carbocycles. The highest BCUT2D eigenvalue weighted by molar-refractivity contribution is 6.32. The molecule has 2 amide bonds. The maximum atomic E-state index is 12.1. The summed E-state index contributed by atoms with van der Waals surface area (Å²) in [6.07, 6.45) is 2.59. The number of halogens is 1. The number of aliphatic imine (C=N–C) groups is 1. The van der Waals surface area contributed by atoms with Gasteiger partial charge in [-0.2, -0.15) is 0 Å². The predicted octanol–water partition coefficient (Wildman–Crippen LogP) is 5.09. The quantitative estimate of drug-likeness (QED) is 0.0656. The summed E-state index contributed by atoms with van der Waals surface area (Å²) in [5.41, 5.74) is 3.72. The standard InChI is InChI=1S/C17H13ClN2O2.C13H12N2O3.CH4/c18-9-11-5-7-12(8-6-11)19-10-14-16(21)13-3-1-2-4-15(13)20-17(14)22;1-14-9-4-2-8(3-5-9)6-10-11(16)7-12(17)15-13(10)18;/h1-8,10H,9H2,(H2,20,21,22);2-6,14H,7H2,1H3,(H,15,17,18);1H4/b;10-6+;. The highest BCUT2D eigenvalue weighted by atomic mass is 35.5. The van der Waals surface area contributed by atoms with Crippen LogP contribution in [0.2, 0.25) is 0 Å². The van der Waals surface area contributed by atoms with E-state index in [0.29, 0.717) is 22.5 Å². The monoisotopic (exact) mass is 572 g/mol. The number of aromatic hydroxyl groups is 1. The molecule has 3 aromatic carbocycles. The van der Waals surface area contributed by atoms with Crippen LogP contribution in [-0.2, 0) is 20.3 Å². The maximum Gasteiger partial charge on any atom is 0.261 e. The smallest absolute Gasteiger partial charge is 0.261 e. The topological polar surface area (TPSA) is 141 Å². The minimum Gasteiger partial charge on any atom is -0.506 e. The Hall–Kier alpha value is -5.02. The van der Waals surface area contributed by atoms with Crippen molar-refractivity contribution in [2.75, 3.05) is 12.4 Å². The third-order valence-electron chi connectivity index (χ3n) is 5.99. The summed E-state index contributed by atoms with van der Waals surface area (Å²) in [4.78, 5) is 53.1. The summed E-state index contributed by atoms with van der Waals surface area (Å²) >= 11 is 5.73. The number of benzene rings is 3. The number of para-hydroxylation sites is 1. The fraction of sp³-hybridized carbons (Fsp3) is 0.129. The van der Waals surface area contributed by atoms with Gasteiger partial charge >= 0.3 is 0 Å². The van der Waals surface area contributed by atoms with Crippen LogP contribution in [0.1, 0.15) is 30.5 Å². The Morgan fingerprint density at radius 3 is 2.29 bits per heavy atom. The summed E-state index contributed by atoms with van der Waals surface area (Å²) in [6.45, 7) is 0. The first-order valence-electron chi connectivity index (χ1n) is 12.2. The van der Waals surface area contributed by atoms with Gasteiger partial charge in [0.1, 0.15) is 11.3 Å². The first-order valence-corrected chi connectivity index (χ1v) is 12.7. The van der Waals surface area contributed by atoms with Crippen LogP contribution in [0.15, 0.2) is 88.2 Å². The highest BCUT2D eigenvalue weighted by Crippen LogP contribution is 2.24. The molecule has 1 saturated heterocycles. The first-order chi connectivity index (χ1) is 19.3. The molecule has 0 spiro atoms. The number of aromatic amines is 1. The molecule has 0 radical (unpaired) electrons. The summed E-state index contributed by atoms with van der Waals surface area (Å²) < 4.78 is 0. The largest absolute Gasteiger partial charge is 0.506 e. The van der Waals surface area contributed by atoms with E-state index in [1.807, 2.05) is 24.3 Å². The Bertz CT molecular complexity index is 1670. The van der Waals surface area contributed by atoms with E-state index in [0.717, 1.165) is 16.8 Å². The van der Waals surface area contributed by atoms with Crippen molar-refractivity contribution in [2.24, 2.45) is 4.99 Å². The highest BCUT2D eigenvalue weighted by Gasteiger charge is 2.28. The summed E-state index contributed by atoms with van der Waals surface area (Å²) in [6, 6.07) is 21.7.